The van der Waals surface area contributed by atoms with Crippen molar-refractivity contribution < 1.29 is 33.3 Å². The maximum Gasteiger partial charge on any atom is 0.421 e. The van der Waals surface area contributed by atoms with E-state index < -0.39 is 22.2 Å². The number of phenols is 2. The van der Waals surface area contributed by atoms with Crippen molar-refractivity contribution in [2.45, 2.75) is 43.7 Å². The molecule has 0 spiro atoms. The molecule has 0 radical (unpaired) electrons. The van der Waals surface area contributed by atoms with E-state index in [1.54, 1.807) is 12.1 Å². The molecule has 2 rings (SSSR count). The van der Waals surface area contributed by atoms with E-state index in [0.717, 1.165) is 5.56 Å². The molecular weight excluding hydrogens is 460 g/mol. The van der Waals surface area contributed by atoms with Gasteiger partial charge in [0, 0.05) is 12.6 Å². The Hall–Kier alpha value is -2.53. The molecule has 11 heteroatoms. The topological polar surface area (TPSA) is 145 Å². The number of aliphatic hydroxyl groups is 1. The molecule has 0 fully saturated rings. The molecule has 0 aliphatic carbocycles. The number of sulfonamides is 1. The lowest BCUT2D eigenvalue weighted by Gasteiger charge is -2.17. The highest BCUT2D eigenvalue weighted by Gasteiger charge is 2.18. The van der Waals surface area contributed by atoms with Gasteiger partial charge >= 0.3 is 6.09 Å². The minimum atomic E-state index is -3.98. The van der Waals surface area contributed by atoms with Crippen molar-refractivity contribution in [1.29, 1.82) is 0 Å². The smallest absolute Gasteiger partial charge is 0.421 e. The summed E-state index contributed by atoms with van der Waals surface area (Å²) in [5.41, 5.74) is 1.36. The Morgan fingerprint density at radius 1 is 1.09 bits per heavy atom. The van der Waals surface area contributed by atoms with Crippen molar-refractivity contribution in [3.63, 3.8) is 0 Å². The van der Waals surface area contributed by atoms with E-state index in [0.29, 0.717) is 18.4 Å². The van der Waals surface area contributed by atoms with Crippen molar-refractivity contribution >= 4 is 28.5 Å². The van der Waals surface area contributed by atoms with Crippen LogP contribution in [0, 0.1) is 6.92 Å². The molecule has 32 heavy (non-hydrogen) atoms. The molecule has 0 bridgehead atoms. The van der Waals surface area contributed by atoms with E-state index in [1.165, 1.54) is 30.3 Å². The quantitative estimate of drug-likeness (QED) is 0.253. The van der Waals surface area contributed by atoms with Crippen molar-refractivity contribution in [2.75, 3.05) is 13.2 Å². The Bertz CT molecular complexity index is 984. The number of hydrogen-bond acceptors (Lipinski definition) is 8. The first-order chi connectivity index (χ1) is 14.6. The van der Waals surface area contributed by atoms with Gasteiger partial charge in [0.25, 0.3) is 10.0 Å². The van der Waals surface area contributed by atoms with Gasteiger partial charge in [0.15, 0.2) is 11.5 Å². The van der Waals surface area contributed by atoms with Gasteiger partial charge in [-0.2, -0.15) is 0 Å². The lowest BCUT2D eigenvalue weighted by Crippen LogP contribution is -2.32. The first-order valence-electron chi connectivity index (χ1n) is 9.78. The number of carbonyl (C=O) groups excluding carboxylic acids is 1. The second kappa shape index (κ2) is 12.5. The van der Waals surface area contributed by atoms with Crippen LogP contribution in [0.5, 0.6) is 11.5 Å². The minimum absolute atomic E-state index is 0. The molecule has 0 heterocycles. The number of aryl methyl sites for hydroxylation is 1. The third kappa shape index (κ3) is 8.54. The van der Waals surface area contributed by atoms with Gasteiger partial charge in [-0.15, -0.1) is 12.4 Å². The van der Waals surface area contributed by atoms with Gasteiger partial charge in [-0.1, -0.05) is 23.8 Å². The fourth-order valence-electron chi connectivity index (χ4n) is 2.75. The Labute approximate surface area is 193 Å². The third-order valence-corrected chi connectivity index (χ3v) is 5.94. The number of hydrogen-bond donors (Lipinski definition) is 5. The molecule has 2 unspecified atom stereocenters. The number of benzene rings is 2. The van der Waals surface area contributed by atoms with E-state index in [2.05, 4.69) is 5.32 Å². The highest BCUT2D eigenvalue weighted by Crippen LogP contribution is 2.27. The van der Waals surface area contributed by atoms with Crippen LogP contribution in [0.25, 0.3) is 0 Å². The lowest BCUT2D eigenvalue weighted by molar-refractivity contribution is 0.147. The summed E-state index contributed by atoms with van der Waals surface area (Å²) in [5, 5.41) is 32.1. The van der Waals surface area contributed by atoms with Crippen LogP contribution < -0.4 is 10.0 Å². The molecule has 2 aromatic rings. The number of halogens is 1. The molecule has 5 N–H and O–H groups in total. The normalized spacial score (nSPS) is 13.0. The highest BCUT2D eigenvalue weighted by atomic mass is 35.5. The van der Waals surface area contributed by atoms with Crippen LogP contribution in [0.4, 0.5) is 4.79 Å². The van der Waals surface area contributed by atoms with E-state index in [-0.39, 0.29) is 48.0 Å². The fraction of sp³-hybridized carbons (Fsp3) is 0.381. The van der Waals surface area contributed by atoms with Crippen LogP contribution in [0.3, 0.4) is 0 Å². The zero-order chi connectivity index (χ0) is 23.0. The van der Waals surface area contributed by atoms with Crippen LogP contribution >= 0.6 is 12.4 Å². The second-order valence-corrected chi connectivity index (χ2v) is 8.95. The maximum atomic E-state index is 12.1. The summed E-state index contributed by atoms with van der Waals surface area (Å²) in [5.74, 6) is -0.558. The number of nitrogens with one attached hydrogen (secondary N) is 2. The van der Waals surface area contributed by atoms with Crippen LogP contribution in [-0.2, 0) is 14.8 Å². The van der Waals surface area contributed by atoms with Gasteiger partial charge in [-0.25, -0.2) is 17.9 Å². The monoisotopic (exact) mass is 488 g/mol. The number of carbonyl (C=O) groups is 1. The number of amides is 1. The van der Waals surface area contributed by atoms with Crippen LogP contribution in [0.1, 0.15) is 37.0 Å². The predicted octanol–water partition coefficient (Wildman–Crippen LogP) is 2.73. The summed E-state index contributed by atoms with van der Waals surface area (Å²) in [6, 6.07) is 10.2. The molecule has 0 aromatic heterocycles. The van der Waals surface area contributed by atoms with Gasteiger partial charge in [-0.3, -0.25) is 0 Å². The Kier molecular flexibility index (Phi) is 10.7. The predicted molar refractivity (Wildman–Crippen MR) is 122 cm³/mol. The van der Waals surface area contributed by atoms with Gasteiger partial charge < -0.3 is 25.4 Å². The van der Waals surface area contributed by atoms with Gasteiger partial charge in [-0.05, 0) is 56.5 Å². The highest BCUT2D eigenvalue weighted by molar-refractivity contribution is 7.90. The fourth-order valence-corrected chi connectivity index (χ4v) is 3.64. The Balaban J connectivity index is 0.00000512. The third-order valence-electron chi connectivity index (χ3n) is 4.61. The average Bonchev–Trinajstić information content (AvgIpc) is 2.71. The number of aromatic hydroxyl groups is 2. The molecule has 0 saturated carbocycles. The van der Waals surface area contributed by atoms with Crippen molar-refractivity contribution in [1.82, 2.24) is 10.0 Å². The molecule has 0 aliphatic heterocycles. The standard InChI is InChI=1S/C21H28N2O7S.ClH/c1-14-5-8-17(9-6-14)31(28,29)23-21(27)30-11-3-4-15(2)22-13-20(26)16-7-10-18(24)19(25)12-16;/h5-10,12,15,20,22,24-26H,3-4,11,13H2,1-2H3,(H,23,27);1H. The largest absolute Gasteiger partial charge is 0.504 e. The van der Waals surface area contributed by atoms with Crippen molar-refractivity contribution in [3.8, 4) is 11.5 Å². The number of ether oxygens (including phenoxy) is 1. The molecule has 9 nitrogen and oxygen atoms in total. The van der Waals surface area contributed by atoms with Gasteiger partial charge in [0.1, 0.15) is 0 Å². The summed E-state index contributed by atoms with van der Waals surface area (Å²) >= 11 is 0. The van der Waals surface area contributed by atoms with Crippen LogP contribution in [0.2, 0.25) is 0 Å². The zero-order valence-corrected chi connectivity index (χ0v) is 19.4. The van der Waals surface area contributed by atoms with Crippen LogP contribution in [0.15, 0.2) is 47.4 Å². The SMILES string of the molecule is Cc1ccc(S(=O)(=O)NC(=O)OCCCC(C)NCC(O)c2ccc(O)c(O)c2)cc1.Cl. The van der Waals surface area contributed by atoms with E-state index >= 15 is 0 Å². The summed E-state index contributed by atoms with van der Waals surface area (Å²) in [6.45, 7) is 3.98. The molecule has 2 atom stereocenters. The molecule has 0 aliphatic rings. The number of rotatable bonds is 10. The van der Waals surface area contributed by atoms with Crippen molar-refractivity contribution in [2.24, 2.45) is 0 Å². The molecule has 0 saturated heterocycles. The van der Waals surface area contributed by atoms with E-state index in [9.17, 15) is 28.5 Å². The Morgan fingerprint density at radius 2 is 1.75 bits per heavy atom. The first kappa shape index (κ1) is 27.5. The summed E-state index contributed by atoms with van der Waals surface area (Å²) in [6.07, 6.45) is -0.805. The van der Waals surface area contributed by atoms with Gasteiger partial charge in [0.05, 0.1) is 17.6 Å². The number of aliphatic hydroxyl groups excluding tert-OH is 1. The van der Waals surface area contributed by atoms with Crippen molar-refractivity contribution in [3.05, 3.63) is 53.6 Å². The number of phenolic OH excluding ortho intramolecular Hbond substituents is 2. The van der Waals surface area contributed by atoms with Gasteiger partial charge in [0.2, 0.25) is 0 Å². The summed E-state index contributed by atoms with van der Waals surface area (Å²) in [7, 11) is -3.98. The summed E-state index contributed by atoms with van der Waals surface area (Å²) < 4.78 is 31.1. The lowest BCUT2D eigenvalue weighted by atomic mass is 10.1. The maximum absolute atomic E-state index is 12.1. The van der Waals surface area contributed by atoms with E-state index in [1.807, 2.05) is 18.6 Å². The zero-order valence-electron chi connectivity index (χ0n) is 17.8. The Morgan fingerprint density at radius 3 is 2.38 bits per heavy atom. The second-order valence-electron chi connectivity index (χ2n) is 7.27. The molecular formula is C21H29ClN2O7S. The van der Waals surface area contributed by atoms with Crippen LogP contribution in [-0.4, -0.2) is 49.0 Å². The molecule has 2 aromatic carbocycles. The molecule has 1 amide bonds. The summed E-state index contributed by atoms with van der Waals surface area (Å²) in [4.78, 5) is 11.7. The average molecular weight is 489 g/mol. The molecule has 178 valence electrons. The first-order valence-corrected chi connectivity index (χ1v) is 11.3. The minimum Gasteiger partial charge on any atom is -0.504 e. The van der Waals surface area contributed by atoms with E-state index in [4.69, 9.17) is 4.74 Å².